The number of carbonyl (C=O) groups excluding carboxylic acids is 1. The lowest BCUT2D eigenvalue weighted by molar-refractivity contribution is -0.123. The van der Waals surface area contributed by atoms with Crippen molar-refractivity contribution < 1.29 is 9.90 Å². The third-order valence-corrected chi connectivity index (χ3v) is 2.00. The fraction of sp³-hybridized carbons (Fsp3) is 0.889. The lowest BCUT2D eigenvalue weighted by Crippen LogP contribution is -2.46. The molecule has 1 amide bonds. The highest BCUT2D eigenvalue weighted by Crippen LogP contribution is 1.95. The van der Waals surface area contributed by atoms with Crippen LogP contribution in [0.25, 0.3) is 0 Å². The molecule has 0 saturated heterocycles. The zero-order chi connectivity index (χ0) is 10.3. The molecule has 0 bridgehead atoms. The highest BCUT2D eigenvalue weighted by atomic mass is 16.3. The number of nitrogens with two attached hydrogens (primary N) is 1. The molecule has 0 rings (SSSR count). The standard InChI is InChI=1S/C9H20N2O2/c1-3-5-8(10)9(13)11-7(4-2)6-12/h7-8,12H,3-6,10H2,1-2H3,(H,11,13)/t7?,8-/m1/s1. The maximum atomic E-state index is 11.3. The number of rotatable bonds is 6. The number of nitrogens with one attached hydrogen (secondary N) is 1. The van der Waals surface area contributed by atoms with Crippen LogP contribution in [0.4, 0.5) is 0 Å². The van der Waals surface area contributed by atoms with E-state index in [9.17, 15) is 4.79 Å². The zero-order valence-electron chi connectivity index (χ0n) is 8.42. The van der Waals surface area contributed by atoms with E-state index in [1.807, 2.05) is 13.8 Å². The van der Waals surface area contributed by atoms with E-state index in [2.05, 4.69) is 5.32 Å². The van der Waals surface area contributed by atoms with Crippen LogP contribution in [-0.2, 0) is 4.79 Å². The Labute approximate surface area is 79.5 Å². The van der Waals surface area contributed by atoms with Crippen molar-refractivity contribution >= 4 is 5.91 Å². The molecule has 4 nitrogen and oxygen atoms in total. The van der Waals surface area contributed by atoms with E-state index in [0.717, 1.165) is 12.8 Å². The maximum absolute atomic E-state index is 11.3. The van der Waals surface area contributed by atoms with Crippen LogP contribution in [0.3, 0.4) is 0 Å². The molecule has 78 valence electrons. The summed E-state index contributed by atoms with van der Waals surface area (Å²) in [5.74, 6) is -0.164. The minimum atomic E-state index is -0.439. The first kappa shape index (κ1) is 12.4. The predicted octanol–water partition coefficient (Wildman–Crippen LogP) is 0.000900. The summed E-state index contributed by atoms with van der Waals surface area (Å²) in [5, 5.41) is 11.5. The van der Waals surface area contributed by atoms with E-state index < -0.39 is 6.04 Å². The quantitative estimate of drug-likeness (QED) is 0.549. The van der Waals surface area contributed by atoms with Crippen molar-refractivity contribution in [3.63, 3.8) is 0 Å². The van der Waals surface area contributed by atoms with Gasteiger partial charge in [-0.2, -0.15) is 0 Å². The van der Waals surface area contributed by atoms with Crippen LogP contribution in [0.5, 0.6) is 0 Å². The van der Waals surface area contributed by atoms with Crippen molar-refractivity contribution in [2.45, 2.75) is 45.2 Å². The predicted molar refractivity (Wildman–Crippen MR) is 52.2 cm³/mol. The van der Waals surface area contributed by atoms with Crippen LogP contribution in [-0.4, -0.2) is 29.7 Å². The molecule has 0 aliphatic rings. The van der Waals surface area contributed by atoms with Gasteiger partial charge in [0, 0.05) is 0 Å². The third kappa shape index (κ3) is 4.85. The van der Waals surface area contributed by atoms with E-state index in [1.54, 1.807) is 0 Å². The van der Waals surface area contributed by atoms with Gasteiger partial charge in [0.05, 0.1) is 18.7 Å². The molecule has 0 aromatic carbocycles. The molecule has 0 aliphatic carbocycles. The summed E-state index contributed by atoms with van der Waals surface area (Å²) in [6.45, 7) is 3.87. The van der Waals surface area contributed by atoms with Gasteiger partial charge in [-0.05, 0) is 12.8 Å². The SMILES string of the molecule is CCC[C@@H](N)C(=O)NC(CC)CO. The average Bonchev–Trinajstić information content (AvgIpc) is 2.14. The van der Waals surface area contributed by atoms with Crippen LogP contribution in [0.2, 0.25) is 0 Å². The van der Waals surface area contributed by atoms with E-state index >= 15 is 0 Å². The van der Waals surface area contributed by atoms with E-state index in [-0.39, 0.29) is 18.6 Å². The number of hydrogen-bond acceptors (Lipinski definition) is 3. The molecule has 0 radical (unpaired) electrons. The van der Waals surface area contributed by atoms with Crippen molar-refractivity contribution in [3.8, 4) is 0 Å². The Hall–Kier alpha value is -0.610. The molecule has 13 heavy (non-hydrogen) atoms. The summed E-state index contributed by atoms with van der Waals surface area (Å²) in [4.78, 5) is 11.3. The van der Waals surface area contributed by atoms with E-state index in [4.69, 9.17) is 10.8 Å². The third-order valence-electron chi connectivity index (χ3n) is 2.00. The van der Waals surface area contributed by atoms with E-state index in [1.165, 1.54) is 0 Å². The fourth-order valence-electron chi connectivity index (χ4n) is 1.03. The summed E-state index contributed by atoms with van der Waals surface area (Å²) in [6, 6.07) is -0.596. The second kappa shape index (κ2) is 6.86. The molecule has 2 atom stereocenters. The molecule has 4 N–H and O–H groups in total. The molecular formula is C9H20N2O2. The van der Waals surface area contributed by atoms with Gasteiger partial charge in [-0.3, -0.25) is 4.79 Å². The average molecular weight is 188 g/mol. The maximum Gasteiger partial charge on any atom is 0.237 e. The van der Waals surface area contributed by atoms with Gasteiger partial charge < -0.3 is 16.2 Å². The van der Waals surface area contributed by atoms with Gasteiger partial charge in [0.15, 0.2) is 0 Å². The number of aliphatic hydroxyl groups excluding tert-OH is 1. The minimum absolute atomic E-state index is 0.0267. The van der Waals surface area contributed by atoms with Crippen molar-refractivity contribution in [1.82, 2.24) is 5.32 Å². The first-order valence-electron chi connectivity index (χ1n) is 4.82. The number of carbonyl (C=O) groups is 1. The number of hydrogen-bond donors (Lipinski definition) is 3. The van der Waals surface area contributed by atoms with E-state index in [0.29, 0.717) is 6.42 Å². The lowest BCUT2D eigenvalue weighted by atomic mass is 10.1. The van der Waals surface area contributed by atoms with Gasteiger partial charge in [0.1, 0.15) is 0 Å². The van der Waals surface area contributed by atoms with Crippen molar-refractivity contribution in [2.24, 2.45) is 5.73 Å². The molecular weight excluding hydrogens is 168 g/mol. The molecule has 0 spiro atoms. The lowest BCUT2D eigenvalue weighted by Gasteiger charge is -2.17. The summed E-state index contributed by atoms with van der Waals surface area (Å²) in [7, 11) is 0. The Balaban J connectivity index is 3.83. The minimum Gasteiger partial charge on any atom is -0.394 e. The first-order valence-corrected chi connectivity index (χ1v) is 4.82. The van der Waals surface area contributed by atoms with Gasteiger partial charge in [0.2, 0.25) is 5.91 Å². The Morgan fingerprint density at radius 1 is 1.54 bits per heavy atom. The van der Waals surface area contributed by atoms with Crippen LogP contribution in [0.15, 0.2) is 0 Å². The van der Waals surface area contributed by atoms with Crippen molar-refractivity contribution in [1.29, 1.82) is 0 Å². The van der Waals surface area contributed by atoms with Crippen molar-refractivity contribution in [3.05, 3.63) is 0 Å². The van der Waals surface area contributed by atoms with Crippen LogP contribution in [0, 0.1) is 0 Å². The molecule has 0 aliphatic heterocycles. The normalized spacial score (nSPS) is 15.1. The molecule has 4 heteroatoms. The van der Waals surface area contributed by atoms with Gasteiger partial charge >= 0.3 is 0 Å². The molecule has 1 unspecified atom stereocenters. The molecule has 0 aromatic rings. The topological polar surface area (TPSA) is 75.4 Å². The molecule has 0 fully saturated rings. The smallest absolute Gasteiger partial charge is 0.237 e. The van der Waals surface area contributed by atoms with Gasteiger partial charge in [-0.25, -0.2) is 0 Å². The Kier molecular flexibility index (Phi) is 6.54. The number of amides is 1. The largest absolute Gasteiger partial charge is 0.394 e. The van der Waals surface area contributed by atoms with Gasteiger partial charge in [0.25, 0.3) is 0 Å². The molecule has 0 heterocycles. The second-order valence-electron chi connectivity index (χ2n) is 3.19. The Morgan fingerprint density at radius 3 is 2.54 bits per heavy atom. The molecule has 0 saturated carbocycles. The van der Waals surface area contributed by atoms with Gasteiger partial charge in [-0.1, -0.05) is 20.3 Å². The van der Waals surface area contributed by atoms with Crippen LogP contribution in [0.1, 0.15) is 33.1 Å². The fourth-order valence-corrected chi connectivity index (χ4v) is 1.03. The first-order chi connectivity index (χ1) is 6.15. The highest BCUT2D eigenvalue weighted by Gasteiger charge is 2.15. The van der Waals surface area contributed by atoms with Crippen LogP contribution >= 0.6 is 0 Å². The van der Waals surface area contributed by atoms with Crippen LogP contribution < -0.4 is 11.1 Å². The molecule has 0 aromatic heterocycles. The number of aliphatic hydroxyl groups is 1. The Morgan fingerprint density at radius 2 is 2.15 bits per heavy atom. The zero-order valence-corrected chi connectivity index (χ0v) is 8.42. The summed E-state index contributed by atoms with van der Waals surface area (Å²) in [6.07, 6.45) is 2.30. The Bertz CT molecular complexity index is 147. The summed E-state index contributed by atoms with van der Waals surface area (Å²) >= 11 is 0. The second-order valence-corrected chi connectivity index (χ2v) is 3.19. The highest BCUT2D eigenvalue weighted by molar-refractivity contribution is 5.81. The van der Waals surface area contributed by atoms with Gasteiger partial charge in [-0.15, -0.1) is 0 Å². The monoisotopic (exact) mass is 188 g/mol. The van der Waals surface area contributed by atoms with Crippen molar-refractivity contribution in [2.75, 3.05) is 6.61 Å². The summed E-state index contributed by atoms with van der Waals surface area (Å²) < 4.78 is 0. The summed E-state index contributed by atoms with van der Waals surface area (Å²) in [5.41, 5.74) is 5.59.